The molecule has 0 aromatic carbocycles. The second kappa shape index (κ2) is 9.82. The molecule has 6 heteroatoms. The van der Waals surface area contributed by atoms with Crippen molar-refractivity contribution < 1.29 is 13.9 Å². The lowest BCUT2D eigenvalue weighted by atomic mass is 9.89. The zero-order valence-corrected chi connectivity index (χ0v) is 16.0. The molecule has 1 aromatic heterocycles. The van der Waals surface area contributed by atoms with Gasteiger partial charge in [0.05, 0.1) is 25.0 Å². The first-order valence-electron chi connectivity index (χ1n) is 9.18. The van der Waals surface area contributed by atoms with Crippen LogP contribution in [0.1, 0.15) is 39.4 Å². The summed E-state index contributed by atoms with van der Waals surface area (Å²) in [5.41, 5.74) is 0.0477. The molecule has 2 heterocycles. The van der Waals surface area contributed by atoms with E-state index in [9.17, 15) is 0 Å². The quantitative estimate of drug-likeness (QED) is 0.557. The molecule has 0 amide bonds. The molecule has 2 rings (SSSR count). The van der Waals surface area contributed by atoms with Gasteiger partial charge in [-0.05, 0) is 30.4 Å². The van der Waals surface area contributed by atoms with Crippen LogP contribution in [0.5, 0.6) is 0 Å². The van der Waals surface area contributed by atoms with E-state index in [1.165, 1.54) is 0 Å². The van der Waals surface area contributed by atoms with Crippen LogP contribution in [0.25, 0.3) is 0 Å². The number of ether oxygens (including phenoxy) is 2. The van der Waals surface area contributed by atoms with Crippen molar-refractivity contribution in [2.24, 2.45) is 10.4 Å². The van der Waals surface area contributed by atoms with Crippen molar-refractivity contribution in [1.29, 1.82) is 0 Å². The Hall–Kier alpha value is -1.53. The number of nitrogens with zero attached hydrogens (tertiary/aromatic N) is 1. The molecule has 1 aliphatic rings. The number of aliphatic imine (C=N–C) groups is 1. The smallest absolute Gasteiger partial charge is 0.191 e. The van der Waals surface area contributed by atoms with Gasteiger partial charge in [-0.1, -0.05) is 20.8 Å². The Balaban J connectivity index is 1.87. The average molecular weight is 351 g/mol. The second-order valence-electron chi connectivity index (χ2n) is 7.55. The predicted octanol–water partition coefficient (Wildman–Crippen LogP) is 2.60. The maximum Gasteiger partial charge on any atom is 0.191 e. The number of furan rings is 1. The van der Waals surface area contributed by atoms with Crippen molar-refractivity contribution in [3.63, 3.8) is 0 Å². The summed E-state index contributed by atoms with van der Waals surface area (Å²) in [7, 11) is 1.75. The van der Waals surface area contributed by atoms with Crippen molar-refractivity contribution in [3.05, 3.63) is 24.2 Å². The van der Waals surface area contributed by atoms with E-state index in [1.807, 2.05) is 12.1 Å². The summed E-state index contributed by atoms with van der Waals surface area (Å²) in [6.07, 6.45) is 5.11. The van der Waals surface area contributed by atoms with Gasteiger partial charge in [0, 0.05) is 33.2 Å². The molecule has 0 bridgehead atoms. The van der Waals surface area contributed by atoms with Gasteiger partial charge in [-0.25, -0.2) is 0 Å². The topological polar surface area (TPSA) is 68.0 Å². The summed E-state index contributed by atoms with van der Waals surface area (Å²) in [6, 6.07) is 3.89. The highest BCUT2D eigenvalue weighted by atomic mass is 16.5. The van der Waals surface area contributed by atoms with E-state index < -0.39 is 0 Å². The first-order valence-corrected chi connectivity index (χ1v) is 9.18. The summed E-state index contributed by atoms with van der Waals surface area (Å²) in [4.78, 5) is 4.72. The Morgan fingerprint density at radius 1 is 1.40 bits per heavy atom. The Morgan fingerprint density at radius 2 is 2.24 bits per heavy atom. The molecular weight excluding hydrogens is 318 g/mol. The second-order valence-corrected chi connectivity index (χ2v) is 7.55. The van der Waals surface area contributed by atoms with Gasteiger partial charge in [0.2, 0.25) is 0 Å². The largest absolute Gasteiger partial charge is 0.469 e. The Bertz CT molecular complexity index is 502. The summed E-state index contributed by atoms with van der Waals surface area (Å²) in [6.45, 7) is 9.52. The third-order valence-corrected chi connectivity index (χ3v) is 4.43. The highest BCUT2D eigenvalue weighted by Gasteiger charge is 2.24. The van der Waals surface area contributed by atoms with Crippen molar-refractivity contribution in [2.75, 3.05) is 33.4 Å². The van der Waals surface area contributed by atoms with Crippen LogP contribution in [0.2, 0.25) is 0 Å². The minimum absolute atomic E-state index is 0.0477. The Morgan fingerprint density at radius 3 is 2.84 bits per heavy atom. The molecule has 0 aliphatic carbocycles. The molecule has 2 atom stereocenters. The molecule has 1 saturated heterocycles. The van der Waals surface area contributed by atoms with Gasteiger partial charge >= 0.3 is 0 Å². The molecule has 0 radical (unpaired) electrons. The summed E-state index contributed by atoms with van der Waals surface area (Å²) >= 11 is 0. The van der Waals surface area contributed by atoms with E-state index in [0.29, 0.717) is 6.54 Å². The van der Waals surface area contributed by atoms with Crippen molar-refractivity contribution in [3.8, 4) is 0 Å². The predicted molar refractivity (Wildman–Crippen MR) is 99.9 cm³/mol. The highest BCUT2D eigenvalue weighted by molar-refractivity contribution is 5.79. The zero-order chi connectivity index (χ0) is 18.1. The molecule has 0 spiro atoms. The van der Waals surface area contributed by atoms with Crippen molar-refractivity contribution >= 4 is 5.96 Å². The normalized spacial score (nSPS) is 19.8. The monoisotopic (exact) mass is 351 g/mol. The van der Waals surface area contributed by atoms with E-state index in [2.05, 4.69) is 31.4 Å². The minimum Gasteiger partial charge on any atom is -0.469 e. The molecule has 2 N–H and O–H groups in total. The van der Waals surface area contributed by atoms with E-state index in [1.54, 1.807) is 13.4 Å². The zero-order valence-electron chi connectivity index (χ0n) is 16.0. The number of guanidine groups is 1. The molecule has 6 nitrogen and oxygen atoms in total. The maximum atomic E-state index is 5.68. The van der Waals surface area contributed by atoms with Crippen LogP contribution in [0.4, 0.5) is 0 Å². The molecule has 0 saturated carbocycles. The highest BCUT2D eigenvalue weighted by Crippen LogP contribution is 2.21. The van der Waals surface area contributed by atoms with E-state index in [4.69, 9.17) is 18.9 Å². The van der Waals surface area contributed by atoms with Crippen LogP contribution < -0.4 is 10.6 Å². The number of rotatable bonds is 8. The Labute approximate surface area is 151 Å². The third-order valence-electron chi connectivity index (χ3n) is 4.43. The van der Waals surface area contributed by atoms with Gasteiger partial charge < -0.3 is 24.5 Å². The maximum absolute atomic E-state index is 5.68. The minimum atomic E-state index is 0.0477. The summed E-state index contributed by atoms with van der Waals surface area (Å²) in [5, 5.41) is 6.78. The lowest BCUT2D eigenvalue weighted by Gasteiger charge is -2.28. The SMILES string of the molecule is COC(CN=C(NCCc1ccco1)NCC1CCCO1)C(C)(C)C. The molecule has 1 aliphatic heterocycles. The van der Waals surface area contributed by atoms with Crippen LogP contribution in [0.15, 0.2) is 27.8 Å². The number of nitrogens with one attached hydrogen (secondary N) is 2. The lowest BCUT2D eigenvalue weighted by Crippen LogP contribution is -2.43. The van der Waals surface area contributed by atoms with E-state index in [0.717, 1.165) is 50.7 Å². The lowest BCUT2D eigenvalue weighted by molar-refractivity contribution is 0.0241. The average Bonchev–Trinajstić information content (AvgIpc) is 3.24. The first kappa shape index (κ1) is 19.8. The van der Waals surface area contributed by atoms with Gasteiger partial charge in [-0.2, -0.15) is 0 Å². The number of methoxy groups -OCH3 is 1. The Kier molecular flexibility index (Phi) is 7.78. The van der Waals surface area contributed by atoms with Crippen LogP contribution in [0, 0.1) is 5.41 Å². The number of hydrogen-bond donors (Lipinski definition) is 2. The van der Waals surface area contributed by atoms with Gasteiger partial charge in [-0.3, -0.25) is 4.99 Å². The molecular formula is C19H33N3O3. The standard InChI is InChI=1S/C19H33N3O3/c1-19(2,3)17(23-4)14-22-18(21-13-16-8-6-12-25-16)20-10-9-15-7-5-11-24-15/h5,7,11,16-17H,6,8-10,12-14H2,1-4H3,(H2,20,21,22). The fraction of sp³-hybridized carbons (Fsp3) is 0.737. The van der Waals surface area contributed by atoms with E-state index >= 15 is 0 Å². The van der Waals surface area contributed by atoms with Crippen LogP contribution in [0.3, 0.4) is 0 Å². The summed E-state index contributed by atoms with van der Waals surface area (Å²) < 4.78 is 16.7. The molecule has 2 unspecified atom stereocenters. The number of hydrogen-bond acceptors (Lipinski definition) is 4. The fourth-order valence-electron chi connectivity index (χ4n) is 2.83. The van der Waals surface area contributed by atoms with Gasteiger partial charge in [0.25, 0.3) is 0 Å². The van der Waals surface area contributed by atoms with Gasteiger partial charge in [0.1, 0.15) is 5.76 Å². The molecule has 1 aromatic rings. The molecule has 142 valence electrons. The van der Waals surface area contributed by atoms with Crippen LogP contribution >= 0.6 is 0 Å². The molecule has 25 heavy (non-hydrogen) atoms. The fourth-order valence-corrected chi connectivity index (χ4v) is 2.83. The first-order chi connectivity index (χ1) is 12.0. The summed E-state index contributed by atoms with van der Waals surface area (Å²) in [5.74, 6) is 1.77. The van der Waals surface area contributed by atoms with Gasteiger partial charge in [-0.15, -0.1) is 0 Å². The van der Waals surface area contributed by atoms with Crippen LogP contribution in [-0.4, -0.2) is 51.5 Å². The third kappa shape index (κ3) is 7.08. The molecule has 1 fully saturated rings. The van der Waals surface area contributed by atoms with E-state index in [-0.39, 0.29) is 17.6 Å². The van der Waals surface area contributed by atoms with Crippen molar-refractivity contribution in [1.82, 2.24) is 10.6 Å². The van der Waals surface area contributed by atoms with Gasteiger partial charge in [0.15, 0.2) is 5.96 Å². The van der Waals surface area contributed by atoms with Crippen molar-refractivity contribution in [2.45, 2.75) is 52.2 Å². The van der Waals surface area contributed by atoms with Crippen LogP contribution in [-0.2, 0) is 15.9 Å².